The number of piperidine rings is 1. The molecule has 0 aromatic heterocycles. The largest absolute Gasteiger partial charge is 0.495 e. The average molecular weight is 437 g/mol. The predicted octanol–water partition coefficient (Wildman–Crippen LogP) is 3.84. The molecule has 0 aliphatic carbocycles. The normalized spacial score (nSPS) is 17.7. The van der Waals surface area contributed by atoms with Crippen LogP contribution in [0.5, 0.6) is 5.75 Å². The Morgan fingerprint density at radius 2 is 1.93 bits per heavy atom. The van der Waals surface area contributed by atoms with Crippen molar-refractivity contribution in [2.75, 3.05) is 13.7 Å². The number of sulfonamides is 1. The monoisotopic (exact) mass is 436 g/mol. The minimum absolute atomic E-state index is 0.0212. The molecule has 1 N–H and O–H groups in total. The third-order valence-electron chi connectivity index (χ3n) is 5.12. The van der Waals surface area contributed by atoms with Crippen LogP contribution in [0.15, 0.2) is 47.4 Å². The van der Waals surface area contributed by atoms with E-state index in [0.29, 0.717) is 18.1 Å². The summed E-state index contributed by atoms with van der Waals surface area (Å²) in [6.45, 7) is 2.69. The van der Waals surface area contributed by atoms with E-state index in [2.05, 4.69) is 5.32 Å². The molecule has 1 amide bonds. The van der Waals surface area contributed by atoms with E-state index in [9.17, 15) is 13.2 Å². The number of nitrogens with zero attached hydrogens (tertiary/aromatic N) is 1. The Morgan fingerprint density at radius 1 is 1.21 bits per heavy atom. The molecular formula is C21H25ClN2O4S. The Hall–Kier alpha value is -2.09. The molecule has 0 unspecified atom stereocenters. The summed E-state index contributed by atoms with van der Waals surface area (Å²) < 4.78 is 33.3. The van der Waals surface area contributed by atoms with Crippen LogP contribution in [0.2, 0.25) is 5.02 Å². The van der Waals surface area contributed by atoms with Gasteiger partial charge in [0.15, 0.2) is 0 Å². The van der Waals surface area contributed by atoms with Crippen LogP contribution in [0.1, 0.15) is 42.1 Å². The first-order valence-corrected chi connectivity index (χ1v) is 11.4. The summed E-state index contributed by atoms with van der Waals surface area (Å²) >= 11 is 5.87. The Morgan fingerprint density at radius 3 is 2.59 bits per heavy atom. The molecule has 1 saturated heterocycles. The fourth-order valence-corrected chi connectivity index (χ4v) is 5.47. The van der Waals surface area contributed by atoms with Gasteiger partial charge in [0.2, 0.25) is 10.0 Å². The maximum Gasteiger partial charge on any atom is 0.251 e. The topological polar surface area (TPSA) is 75.7 Å². The number of amides is 1. The zero-order valence-corrected chi connectivity index (χ0v) is 18.1. The minimum atomic E-state index is -3.77. The third-order valence-corrected chi connectivity index (χ3v) is 7.41. The molecule has 1 aliphatic rings. The van der Waals surface area contributed by atoms with Crippen molar-refractivity contribution in [1.29, 1.82) is 0 Å². The van der Waals surface area contributed by atoms with Crippen molar-refractivity contribution in [2.45, 2.75) is 43.7 Å². The highest BCUT2D eigenvalue weighted by Gasteiger charge is 2.33. The van der Waals surface area contributed by atoms with Gasteiger partial charge in [-0.25, -0.2) is 8.42 Å². The molecule has 1 aliphatic heterocycles. The second kappa shape index (κ2) is 9.15. The van der Waals surface area contributed by atoms with Crippen molar-refractivity contribution < 1.29 is 17.9 Å². The summed E-state index contributed by atoms with van der Waals surface area (Å²) in [4.78, 5) is 12.6. The molecule has 156 valence electrons. The molecule has 3 rings (SSSR count). The molecule has 1 fully saturated rings. The highest BCUT2D eigenvalue weighted by atomic mass is 35.5. The van der Waals surface area contributed by atoms with E-state index in [-0.39, 0.29) is 28.2 Å². The van der Waals surface area contributed by atoms with Crippen LogP contribution in [0.3, 0.4) is 0 Å². The summed E-state index contributed by atoms with van der Waals surface area (Å²) in [5, 5.41) is 3.43. The molecule has 29 heavy (non-hydrogen) atoms. The van der Waals surface area contributed by atoms with Gasteiger partial charge in [-0.05, 0) is 55.7 Å². The number of rotatable bonds is 6. The summed E-state index contributed by atoms with van der Waals surface area (Å²) in [5.41, 5.74) is 1.16. The van der Waals surface area contributed by atoms with E-state index in [1.807, 2.05) is 19.1 Å². The van der Waals surface area contributed by atoms with Gasteiger partial charge in [0.1, 0.15) is 10.6 Å². The van der Waals surface area contributed by atoms with Gasteiger partial charge in [0.25, 0.3) is 5.91 Å². The van der Waals surface area contributed by atoms with Gasteiger partial charge in [-0.2, -0.15) is 4.31 Å². The first-order valence-electron chi connectivity index (χ1n) is 9.55. The van der Waals surface area contributed by atoms with Gasteiger partial charge in [-0.3, -0.25) is 4.79 Å². The van der Waals surface area contributed by atoms with Crippen molar-refractivity contribution in [1.82, 2.24) is 9.62 Å². The Bertz CT molecular complexity index is 977. The van der Waals surface area contributed by atoms with Crippen LogP contribution in [0, 0.1) is 0 Å². The molecule has 2 aromatic carbocycles. The lowest BCUT2D eigenvalue weighted by molar-refractivity contribution is 0.0950. The van der Waals surface area contributed by atoms with Crippen LogP contribution in [0.25, 0.3) is 0 Å². The number of hydrogen-bond acceptors (Lipinski definition) is 4. The highest BCUT2D eigenvalue weighted by molar-refractivity contribution is 7.89. The first kappa shape index (κ1) is 21.6. The molecular weight excluding hydrogens is 412 g/mol. The van der Waals surface area contributed by atoms with Gasteiger partial charge in [-0.15, -0.1) is 0 Å². The Labute approximate surface area is 176 Å². The number of methoxy groups -OCH3 is 1. The van der Waals surface area contributed by atoms with Crippen molar-refractivity contribution in [3.05, 3.63) is 58.6 Å². The molecule has 1 heterocycles. The van der Waals surface area contributed by atoms with Crippen molar-refractivity contribution >= 4 is 27.5 Å². The quantitative estimate of drug-likeness (QED) is 0.746. The summed E-state index contributed by atoms with van der Waals surface area (Å²) in [6, 6.07) is 11.6. The third kappa shape index (κ3) is 4.91. The number of hydrogen-bond donors (Lipinski definition) is 1. The molecule has 8 heteroatoms. The maximum atomic E-state index is 13.3. The van der Waals surface area contributed by atoms with Crippen molar-refractivity contribution in [2.24, 2.45) is 0 Å². The lowest BCUT2D eigenvalue weighted by atomic mass is 10.1. The number of nitrogens with one attached hydrogen (secondary N) is 1. The van der Waals surface area contributed by atoms with Gasteiger partial charge < -0.3 is 10.1 Å². The summed E-state index contributed by atoms with van der Waals surface area (Å²) in [5.74, 6) is -0.122. The van der Waals surface area contributed by atoms with Gasteiger partial charge in [0.05, 0.1) is 7.11 Å². The predicted molar refractivity (Wildman–Crippen MR) is 113 cm³/mol. The second-order valence-corrected chi connectivity index (χ2v) is 9.43. The molecule has 0 radical (unpaired) electrons. The summed E-state index contributed by atoms with van der Waals surface area (Å²) in [7, 11) is -2.34. The number of carbonyl (C=O) groups excluding carboxylic acids is 1. The van der Waals surface area contributed by atoms with E-state index >= 15 is 0 Å². The Kier molecular flexibility index (Phi) is 6.82. The van der Waals surface area contributed by atoms with Crippen LogP contribution < -0.4 is 10.1 Å². The first-order chi connectivity index (χ1) is 13.8. The van der Waals surface area contributed by atoms with Gasteiger partial charge in [0, 0.05) is 29.7 Å². The zero-order valence-electron chi connectivity index (χ0n) is 16.5. The number of carbonyl (C=O) groups is 1. The van der Waals surface area contributed by atoms with Crippen LogP contribution in [-0.2, 0) is 16.6 Å². The fraction of sp³-hybridized carbons (Fsp3) is 0.381. The molecule has 2 aromatic rings. The maximum absolute atomic E-state index is 13.3. The van der Waals surface area contributed by atoms with E-state index in [1.165, 1.54) is 23.5 Å². The highest BCUT2D eigenvalue weighted by Crippen LogP contribution is 2.31. The average Bonchev–Trinajstić information content (AvgIpc) is 2.72. The lowest BCUT2D eigenvalue weighted by Gasteiger charge is -2.32. The molecule has 1 atom stereocenters. The number of benzene rings is 2. The Balaban J connectivity index is 1.84. The molecule has 6 nitrogen and oxygen atoms in total. The lowest BCUT2D eigenvalue weighted by Crippen LogP contribution is -2.42. The van der Waals surface area contributed by atoms with E-state index < -0.39 is 10.0 Å². The van der Waals surface area contributed by atoms with Crippen LogP contribution >= 0.6 is 11.6 Å². The van der Waals surface area contributed by atoms with E-state index in [1.54, 1.807) is 18.2 Å². The standard InChI is InChI=1S/C21H25ClN2O4S/c1-15-5-3-4-12-24(15)29(26,27)20-13-17(8-11-19(20)28-2)21(25)23-14-16-6-9-18(22)10-7-16/h6-11,13,15H,3-5,12,14H2,1-2H3,(H,23,25)/t15-/m1/s1. The smallest absolute Gasteiger partial charge is 0.251 e. The fourth-order valence-electron chi connectivity index (χ4n) is 3.46. The van der Waals surface area contributed by atoms with Gasteiger partial charge in [-0.1, -0.05) is 30.2 Å². The zero-order chi connectivity index (χ0) is 21.0. The molecule has 0 saturated carbocycles. The number of halogens is 1. The van der Waals surface area contributed by atoms with E-state index in [4.69, 9.17) is 16.3 Å². The summed E-state index contributed by atoms with van der Waals surface area (Å²) in [6.07, 6.45) is 2.66. The SMILES string of the molecule is COc1ccc(C(=O)NCc2ccc(Cl)cc2)cc1S(=O)(=O)N1CCCC[C@H]1C. The molecule has 0 bridgehead atoms. The van der Waals surface area contributed by atoms with E-state index in [0.717, 1.165) is 24.8 Å². The van der Waals surface area contributed by atoms with Crippen molar-refractivity contribution in [3.63, 3.8) is 0 Å². The van der Waals surface area contributed by atoms with Crippen LogP contribution in [-0.4, -0.2) is 38.3 Å². The molecule has 0 spiro atoms. The second-order valence-electron chi connectivity index (χ2n) is 7.14. The van der Waals surface area contributed by atoms with Gasteiger partial charge >= 0.3 is 0 Å². The minimum Gasteiger partial charge on any atom is -0.495 e. The number of ether oxygens (including phenoxy) is 1. The van der Waals surface area contributed by atoms with Crippen molar-refractivity contribution in [3.8, 4) is 5.75 Å². The van der Waals surface area contributed by atoms with Crippen LogP contribution in [0.4, 0.5) is 0 Å².